The summed E-state index contributed by atoms with van der Waals surface area (Å²) >= 11 is 0. The number of hydrogen-bond donors (Lipinski definition) is 1. The summed E-state index contributed by atoms with van der Waals surface area (Å²) in [5.41, 5.74) is 2.88. The maximum Gasteiger partial charge on any atom is 0.243 e. The van der Waals surface area contributed by atoms with Gasteiger partial charge in [-0.2, -0.15) is 4.31 Å². The highest BCUT2D eigenvalue weighted by Crippen LogP contribution is 2.25. The molecule has 4 rings (SSSR count). The molecule has 1 fully saturated rings. The first kappa shape index (κ1) is 23.0. The Morgan fingerprint density at radius 1 is 0.938 bits per heavy atom. The van der Waals surface area contributed by atoms with Crippen LogP contribution in [0, 0.1) is 5.92 Å². The van der Waals surface area contributed by atoms with Crippen molar-refractivity contribution in [2.75, 3.05) is 32.7 Å². The number of fused-ring (bicyclic) bond motifs is 1. The summed E-state index contributed by atoms with van der Waals surface area (Å²) in [4.78, 5) is 15.2. The Bertz CT molecular complexity index is 1000. The average molecular weight is 456 g/mol. The van der Waals surface area contributed by atoms with Gasteiger partial charge in [0.15, 0.2) is 0 Å². The predicted molar refractivity (Wildman–Crippen MR) is 126 cm³/mol. The predicted octanol–water partition coefficient (Wildman–Crippen LogP) is 3.04. The molecule has 0 atom stereocenters. The minimum atomic E-state index is -3.43. The largest absolute Gasteiger partial charge is 0.356 e. The minimum absolute atomic E-state index is 0.0818. The molecule has 2 aromatic rings. The van der Waals surface area contributed by atoms with E-state index in [9.17, 15) is 13.2 Å². The number of benzene rings is 2. The van der Waals surface area contributed by atoms with Gasteiger partial charge in [-0.25, -0.2) is 8.42 Å². The van der Waals surface area contributed by atoms with Crippen molar-refractivity contribution in [2.24, 2.45) is 5.92 Å². The minimum Gasteiger partial charge on any atom is -0.356 e. The van der Waals surface area contributed by atoms with Gasteiger partial charge in [0.2, 0.25) is 15.9 Å². The zero-order valence-electron chi connectivity index (χ0n) is 18.6. The standard InChI is InChI=1S/C25H33N3O3S/c29-25(26-14-6-15-27-16-13-22-7-4-5-8-23(22)20-27)19-21-11-17-28(18-12-21)32(30,31)24-9-2-1-3-10-24/h1-5,7-10,21H,6,11-20H2,(H,26,29). The van der Waals surface area contributed by atoms with Gasteiger partial charge in [-0.3, -0.25) is 9.69 Å². The summed E-state index contributed by atoms with van der Waals surface area (Å²) in [6.45, 7) is 4.71. The number of rotatable bonds is 8. The first-order valence-electron chi connectivity index (χ1n) is 11.6. The molecule has 1 saturated heterocycles. The quantitative estimate of drug-likeness (QED) is 0.621. The van der Waals surface area contributed by atoms with E-state index in [1.807, 2.05) is 6.07 Å². The monoisotopic (exact) mass is 455 g/mol. The van der Waals surface area contributed by atoms with Crippen molar-refractivity contribution in [2.45, 2.75) is 43.5 Å². The van der Waals surface area contributed by atoms with Crippen LogP contribution in [0.3, 0.4) is 0 Å². The summed E-state index contributed by atoms with van der Waals surface area (Å²) in [6, 6.07) is 17.2. The van der Waals surface area contributed by atoms with Gasteiger partial charge in [0.1, 0.15) is 0 Å². The number of carbonyl (C=O) groups is 1. The topological polar surface area (TPSA) is 69.7 Å². The number of piperidine rings is 1. The van der Waals surface area contributed by atoms with Crippen molar-refractivity contribution in [1.29, 1.82) is 0 Å². The third-order valence-electron chi connectivity index (χ3n) is 6.61. The van der Waals surface area contributed by atoms with Crippen LogP contribution in [-0.4, -0.2) is 56.3 Å². The van der Waals surface area contributed by atoms with E-state index in [-0.39, 0.29) is 11.8 Å². The molecule has 2 aliphatic heterocycles. The summed E-state index contributed by atoms with van der Waals surface area (Å²) in [5.74, 6) is 0.328. The van der Waals surface area contributed by atoms with Gasteiger partial charge in [0.05, 0.1) is 4.90 Å². The number of nitrogens with one attached hydrogen (secondary N) is 1. The van der Waals surface area contributed by atoms with Gasteiger partial charge in [0, 0.05) is 45.7 Å². The highest BCUT2D eigenvalue weighted by Gasteiger charge is 2.30. The molecule has 32 heavy (non-hydrogen) atoms. The smallest absolute Gasteiger partial charge is 0.243 e. The van der Waals surface area contributed by atoms with E-state index in [2.05, 4.69) is 34.5 Å². The molecule has 0 bridgehead atoms. The molecule has 2 aliphatic rings. The zero-order chi connectivity index (χ0) is 22.4. The lowest BCUT2D eigenvalue weighted by Gasteiger charge is -2.31. The lowest BCUT2D eigenvalue weighted by molar-refractivity contribution is -0.122. The van der Waals surface area contributed by atoms with E-state index < -0.39 is 10.0 Å². The second-order valence-electron chi connectivity index (χ2n) is 8.86. The van der Waals surface area contributed by atoms with Crippen LogP contribution in [-0.2, 0) is 27.8 Å². The van der Waals surface area contributed by atoms with Crippen LogP contribution < -0.4 is 5.32 Å². The van der Waals surface area contributed by atoms with Gasteiger partial charge >= 0.3 is 0 Å². The van der Waals surface area contributed by atoms with Crippen molar-refractivity contribution in [1.82, 2.24) is 14.5 Å². The highest BCUT2D eigenvalue weighted by molar-refractivity contribution is 7.89. The second-order valence-corrected chi connectivity index (χ2v) is 10.8. The summed E-state index contributed by atoms with van der Waals surface area (Å²) in [7, 11) is -3.43. The van der Waals surface area contributed by atoms with Crippen LogP contribution in [0.2, 0.25) is 0 Å². The Morgan fingerprint density at radius 2 is 1.62 bits per heavy atom. The molecule has 1 amide bonds. The molecule has 0 saturated carbocycles. The first-order valence-corrected chi connectivity index (χ1v) is 13.1. The first-order chi connectivity index (χ1) is 15.5. The summed E-state index contributed by atoms with van der Waals surface area (Å²) in [6.07, 6.45) is 3.98. The van der Waals surface area contributed by atoms with Crippen LogP contribution in [0.25, 0.3) is 0 Å². The fraction of sp³-hybridized carbons (Fsp3) is 0.480. The Balaban J connectivity index is 1.13. The Labute approximate surface area is 191 Å². The number of nitrogens with zero attached hydrogens (tertiary/aromatic N) is 2. The van der Waals surface area contributed by atoms with Crippen molar-refractivity contribution in [3.63, 3.8) is 0 Å². The van der Waals surface area contributed by atoms with E-state index in [4.69, 9.17) is 0 Å². The molecule has 2 aromatic carbocycles. The molecule has 0 unspecified atom stereocenters. The highest BCUT2D eigenvalue weighted by atomic mass is 32.2. The van der Waals surface area contributed by atoms with Gasteiger partial charge in [-0.1, -0.05) is 42.5 Å². The van der Waals surface area contributed by atoms with Crippen LogP contribution in [0.5, 0.6) is 0 Å². The normalized spacial score (nSPS) is 18.2. The van der Waals surface area contributed by atoms with Gasteiger partial charge in [0.25, 0.3) is 0 Å². The SMILES string of the molecule is O=C(CC1CCN(S(=O)(=O)c2ccccc2)CC1)NCCCN1CCc2ccccc2C1. The molecule has 2 heterocycles. The Kier molecular flexibility index (Phi) is 7.60. The lowest BCUT2D eigenvalue weighted by atomic mass is 9.94. The molecule has 172 valence electrons. The molecule has 6 nitrogen and oxygen atoms in total. The fourth-order valence-electron chi connectivity index (χ4n) is 4.71. The molecule has 0 aliphatic carbocycles. The number of hydrogen-bond acceptors (Lipinski definition) is 4. The number of amides is 1. The molecular formula is C25H33N3O3S. The number of carbonyl (C=O) groups excluding carboxylic acids is 1. The van der Waals surface area contributed by atoms with E-state index in [1.165, 1.54) is 11.1 Å². The average Bonchev–Trinajstić information content (AvgIpc) is 2.83. The molecule has 0 aromatic heterocycles. The van der Waals surface area contributed by atoms with Crippen LogP contribution >= 0.6 is 0 Å². The maximum absolute atomic E-state index is 12.7. The van der Waals surface area contributed by atoms with Gasteiger partial charge in [-0.05, 0) is 54.9 Å². The van der Waals surface area contributed by atoms with E-state index in [0.29, 0.717) is 31.0 Å². The molecule has 7 heteroatoms. The zero-order valence-corrected chi connectivity index (χ0v) is 19.4. The maximum atomic E-state index is 12.7. The third kappa shape index (κ3) is 5.77. The summed E-state index contributed by atoms with van der Waals surface area (Å²) < 4.78 is 27.0. The fourth-order valence-corrected chi connectivity index (χ4v) is 6.20. The molecule has 1 N–H and O–H groups in total. The number of sulfonamides is 1. The van der Waals surface area contributed by atoms with E-state index in [0.717, 1.165) is 45.3 Å². The van der Waals surface area contributed by atoms with E-state index >= 15 is 0 Å². The van der Waals surface area contributed by atoms with Crippen LogP contribution in [0.1, 0.15) is 36.8 Å². The second kappa shape index (κ2) is 10.6. The molecule has 0 spiro atoms. The Hall–Kier alpha value is -2.22. The molecular weight excluding hydrogens is 422 g/mol. The Morgan fingerprint density at radius 3 is 2.38 bits per heavy atom. The molecule has 0 radical (unpaired) electrons. The summed E-state index contributed by atoms with van der Waals surface area (Å²) in [5, 5.41) is 3.06. The van der Waals surface area contributed by atoms with Crippen molar-refractivity contribution >= 4 is 15.9 Å². The van der Waals surface area contributed by atoms with Crippen LogP contribution in [0.15, 0.2) is 59.5 Å². The van der Waals surface area contributed by atoms with Gasteiger partial charge in [-0.15, -0.1) is 0 Å². The third-order valence-corrected chi connectivity index (χ3v) is 8.52. The van der Waals surface area contributed by atoms with Crippen molar-refractivity contribution < 1.29 is 13.2 Å². The van der Waals surface area contributed by atoms with Crippen LogP contribution in [0.4, 0.5) is 0 Å². The van der Waals surface area contributed by atoms with Gasteiger partial charge < -0.3 is 5.32 Å². The lowest BCUT2D eigenvalue weighted by Crippen LogP contribution is -2.39. The van der Waals surface area contributed by atoms with Crippen molar-refractivity contribution in [3.05, 3.63) is 65.7 Å². The van der Waals surface area contributed by atoms with Crippen molar-refractivity contribution in [3.8, 4) is 0 Å². The van der Waals surface area contributed by atoms with E-state index in [1.54, 1.807) is 28.6 Å².